The van der Waals surface area contributed by atoms with Crippen LogP contribution in [0.5, 0.6) is 0 Å². The minimum atomic E-state index is 0. The summed E-state index contributed by atoms with van der Waals surface area (Å²) in [5.41, 5.74) is 0. The maximum Gasteiger partial charge on any atom is 5.00 e. The van der Waals surface area contributed by atoms with Crippen molar-refractivity contribution in [2.75, 3.05) is 0 Å². The fraction of sp³-hybridized carbons (Fsp3) is 0. The SMILES string of the molecule is [Al+3].[Cl-].[Cl-].[Cl-].[Cl-].[Cl-].[Cl-].[Cl-].[Cl-].[Cl-].[Cl-].[Cl-].[Cl-].[Ti+4].[V+5]. The predicted molar refractivity (Wildman–Crippen MR) is 5.75 cm³/mol. The van der Waals surface area contributed by atoms with Crippen molar-refractivity contribution in [3.63, 3.8) is 0 Å². The Morgan fingerprint density at radius 3 is 0.267 bits per heavy atom. The average molecular weight is 551 g/mol. The number of halogens is 12. The monoisotopic (exact) mass is 545 g/mol. The van der Waals surface area contributed by atoms with E-state index in [0.717, 1.165) is 0 Å². The minimum Gasteiger partial charge on any atom is -1.00 e. The van der Waals surface area contributed by atoms with Crippen molar-refractivity contribution in [1.82, 2.24) is 0 Å². The van der Waals surface area contributed by atoms with Crippen molar-refractivity contribution in [1.29, 1.82) is 0 Å². The van der Waals surface area contributed by atoms with Gasteiger partial charge in [-0.25, -0.2) is 0 Å². The van der Waals surface area contributed by atoms with E-state index in [1.807, 2.05) is 0 Å². The van der Waals surface area contributed by atoms with Gasteiger partial charge in [0.25, 0.3) is 0 Å². The second-order valence-corrected chi connectivity index (χ2v) is 0. The molecule has 15 heavy (non-hydrogen) atoms. The van der Waals surface area contributed by atoms with E-state index in [4.69, 9.17) is 0 Å². The Balaban J connectivity index is 0. The van der Waals surface area contributed by atoms with Gasteiger partial charge in [0.05, 0.1) is 0 Å². The molecule has 0 spiro atoms. The van der Waals surface area contributed by atoms with Crippen LogP contribution in [0.1, 0.15) is 0 Å². The summed E-state index contributed by atoms with van der Waals surface area (Å²) < 4.78 is 0. The van der Waals surface area contributed by atoms with E-state index in [-0.39, 0.29) is 207 Å². The molecule has 0 nitrogen and oxygen atoms in total. The van der Waals surface area contributed by atoms with Crippen molar-refractivity contribution in [2.24, 2.45) is 0 Å². The standard InChI is InChI=1S/Al.12ClH.Ti.V/h;12*1H;;/q+3;;;;;;;;;;;;;+4;+5/p-12. The van der Waals surface area contributed by atoms with Crippen LogP contribution in [0.2, 0.25) is 0 Å². The molecule has 0 unspecified atom stereocenters. The zero-order valence-electron chi connectivity index (χ0n) is 6.06. The molecule has 0 radical (unpaired) electrons. The second kappa shape index (κ2) is 230. The molecule has 0 saturated heterocycles. The van der Waals surface area contributed by atoms with Crippen LogP contribution in [0, 0.1) is 0 Å². The normalized spacial score (nSPS) is 0. The van der Waals surface area contributed by atoms with Crippen LogP contribution in [0.15, 0.2) is 0 Å². The molecule has 0 aliphatic rings. The number of hydrogen-bond donors (Lipinski definition) is 0. The Kier molecular flexibility index (Phi) is 4110. The largest absolute Gasteiger partial charge is 5.00 e. The third kappa shape index (κ3) is 205. The van der Waals surface area contributed by atoms with Gasteiger partial charge < -0.3 is 149 Å². The summed E-state index contributed by atoms with van der Waals surface area (Å²) in [6.45, 7) is 0. The van der Waals surface area contributed by atoms with Crippen LogP contribution < -0.4 is 149 Å². The summed E-state index contributed by atoms with van der Waals surface area (Å²) in [4.78, 5) is 0. The van der Waals surface area contributed by atoms with Crippen LogP contribution >= 0.6 is 0 Å². The molecular formula is AlCl12TiV. The molecule has 0 rings (SSSR count). The maximum absolute atomic E-state index is 0. The summed E-state index contributed by atoms with van der Waals surface area (Å²) in [5, 5.41) is 0. The Bertz CT molecular complexity index is 15.6. The topological polar surface area (TPSA) is 0 Å². The fourth-order valence-electron chi connectivity index (χ4n) is 0. The molecule has 0 aliphatic heterocycles. The maximum atomic E-state index is 0. The van der Waals surface area contributed by atoms with Gasteiger partial charge in [0.1, 0.15) is 0 Å². The third-order valence-corrected chi connectivity index (χ3v) is 0. The Labute approximate surface area is 203 Å². The van der Waals surface area contributed by atoms with Gasteiger partial charge in [-0.1, -0.05) is 0 Å². The van der Waals surface area contributed by atoms with Crippen molar-refractivity contribution in [3.05, 3.63) is 0 Å². The molecule has 0 saturated carbocycles. The van der Waals surface area contributed by atoms with Gasteiger partial charge in [0, 0.05) is 0 Å². The van der Waals surface area contributed by atoms with Crippen LogP contribution in [0.25, 0.3) is 0 Å². The van der Waals surface area contributed by atoms with Crippen LogP contribution in [0.4, 0.5) is 0 Å². The van der Waals surface area contributed by atoms with E-state index in [1.54, 1.807) is 0 Å². The molecule has 0 aromatic rings. The van der Waals surface area contributed by atoms with Crippen LogP contribution in [0.3, 0.4) is 0 Å². The quantitative estimate of drug-likeness (QED) is 0.263. The molecule has 0 atom stereocenters. The first-order valence-corrected chi connectivity index (χ1v) is 0. The van der Waals surface area contributed by atoms with Crippen molar-refractivity contribution >= 4 is 17.4 Å². The van der Waals surface area contributed by atoms with Crippen LogP contribution in [-0.2, 0) is 40.3 Å². The average Bonchev–Trinajstić information content (AvgIpc) is 0. The van der Waals surface area contributed by atoms with Gasteiger partial charge in [-0.15, -0.1) is 0 Å². The molecule has 0 amide bonds. The fourth-order valence-corrected chi connectivity index (χ4v) is 0. The molecule has 15 heteroatoms. The van der Waals surface area contributed by atoms with Gasteiger partial charge in [-0.3, -0.25) is 0 Å². The van der Waals surface area contributed by atoms with Crippen molar-refractivity contribution < 1.29 is 189 Å². The Morgan fingerprint density at radius 1 is 0.267 bits per heavy atom. The minimum absolute atomic E-state index is 0. The zero-order valence-corrected chi connectivity index (χ0v) is 19.2. The van der Waals surface area contributed by atoms with Gasteiger partial charge >= 0.3 is 57.6 Å². The first-order chi connectivity index (χ1) is 0. The van der Waals surface area contributed by atoms with Gasteiger partial charge in [-0.05, 0) is 0 Å². The summed E-state index contributed by atoms with van der Waals surface area (Å²) in [5.74, 6) is 0. The molecular weight excluding hydrogens is 551 g/mol. The zero-order chi connectivity index (χ0) is 0. The van der Waals surface area contributed by atoms with E-state index in [0.29, 0.717) is 0 Å². The van der Waals surface area contributed by atoms with Gasteiger partial charge in [0.2, 0.25) is 0 Å². The Morgan fingerprint density at radius 2 is 0.267 bits per heavy atom. The van der Waals surface area contributed by atoms with Crippen molar-refractivity contribution in [3.8, 4) is 0 Å². The molecule has 0 N–H and O–H groups in total. The Hall–Kier alpha value is 5.31. The summed E-state index contributed by atoms with van der Waals surface area (Å²) in [6, 6.07) is 0. The first kappa shape index (κ1) is 269. The molecule has 0 aromatic heterocycles. The van der Waals surface area contributed by atoms with Gasteiger partial charge in [-0.2, -0.15) is 0 Å². The van der Waals surface area contributed by atoms with E-state index in [9.17, 15) is 0 Å². The van der Waals surface area contributed by atoms with E-state index < -0.39 is 0 Å². The number of rotatable bonds is 0. The molecule has 0 aliphatic carbocycles. The first-order valence-electron chi connectivity index (χ1n) is 0. The van der Waals surface area contributed by atoms with Crippen molar-refractivity contribution in [2.45, 2.75) is 0 Å². The van der Waals surface area contributed by atoms with Crippen LogP contribution in [-0.4, -0.2) is 17.4 Å². The smallest absolute Gasteiger partial charge is 1.00 e. The molecule has 96 valence electrons. The second-order valence-electron chi connectivity index (χ2n) is 0. The summed E-state index contributed by atoms with van der Waals surface area (Å²) in [7, 11) is 0. The summed E-state index contributed by atoms with van der Waals surface area (Å²) >= 11 is 0. The summed E-state index contributed by atoms with van der Waals surface area (Å²) in [6.07, 6.45) is 0. The predicted octanol–water partition coefficient (Wildman–Crippen LogP) is -36.3. The molecule has 0 fully saturated rings. The number of hydrogen-bond acceptors (Lipinski definition) is 0. The van der Waals surface area contributed by atoms with E-state index >= 15 is 0 Å². The van der Waals surface area contributed by atoms with E-state index in [1.165, 1.54) is 0 Å². The molecule has 0 bridgehead atoms. The molecule has 0 aromatic carbocycles. The molecule has 0 heterocycles. The van der Waals surface area contributed by atoms with E-state index in [2.05, 4.69) is 0 Å². The third-order valence-electron chi connectivity index (χ3n) is 0. The van der Waals surface area contributed by atoms with Gasteiger partial charge in [0.15, 0.2) is 0 Å².